The summed E-state index contributed by atoms with van der Waals surface area (Å²) in [5.41, 5.74) is 0. The van der Waals surface area contributed by atoms with Crippen LogP contribution in [0.25, 0.3) is 0 Å². The summed E-state index contributed by atoms with van der Waals surface area (Å²) in [6, 6.07) is 0. The lowest BCUT2D eigenvalue weighted by atomic mass is 10.1. The SMILES string of the molecule is O=C(O)CN1CCN(CCC(=O)CCC(=O)CCO)CCN(CC(=O)O)CCN(CC(=O)O)CC1. The number of nitrogens with zero attached hydrogens (tertiary/aromatic N) is 4. The molecule has 0 unspecified atom stereocenters. The molecule has 200 valence electrons. The first-order valence-corrected chi connectivity index (χ1v) is 11.8. The molecule has 0 aliphatic carbocycles. The van der Waals surface area contributed by atoms with Gasteiger partial charge in [0.1, 0.15) is 11.6 Å². The molecule has 0 spiro atoms. The smallest absolute Gasteiger partial charge is 0.317 e. The monoisotopic (exact) mass is 502 g/mol. The quantitative estimate of drug-likeness (QED) is 0.208. The van der Waals surface area contributed by atoms with E-state index in [0.29, 0.717) is 58.9 Å². The predicted octanol–water partition coefficient (Wildman–Crippen LogP) is -1.85. The maximum absolute atomic E-state index is 12.2. The van der Waals surface area contributed by atoms with E-state index in [1.807, 2.05) is 4.90 Å². The number of carbonyl (C=O) groups is 5. The van der Waals surface area contributed by atoms with Crippen molar-refractivity contribution in [2.24, 2.45) is 0 Å². The van der Waals surface area contributed by atoms with Crippen LogP contribution in [0.1, 0.15) is 25.7 Å². The minimum Gasteiger partial charge on any atom is -0.480 e. The van der Waals surface area contributed by atoms with Crippen molar-refractivity contribution in [1.82, 2.24) is 19.6 Å². The van der Waals surface area contributed by atoms with Gasteiger partial charge >= 0.3 is 17.9 Å². The van der Waals surface area contributed by atoms with E-state index in [0.717, 1.165) is 0 Å². The number of rotatable bonds is 14. The van der Waals surface area contributed by atoms with Crippen molar-refractivity contribution in [2.75, 3.05) is 85.1 Å². The average molecular weight is 503 g/mol. The van der Waals surface area contributed by atoms with Crippen LogP contribution in [0.15, 0.2) is 0 Å². The molecule has 0 aromatic carbocycles. The zero-order valence-corrected chi connectivity index (χ0v) is 20.1. The summed E-state index contributed by atoms with van der Waals surface area (Å²) < 4.78 is 0. The molecule has 35 heavy (non-hydrogen) atoms. The largest absolute Gasteiger partial charge is 0.480 e. The Morgan fingerprint density at radius 3 is 1.11 bits per heavy atom. The first-order valence-electron chi connectivity index (χ1n) is 11.8. The van der Waals surface area contributed by atoms with E-state index in [-0.39, 0.29) is 63.5 Å². The average Bonchev–Trinajstić information content (AvgIpc) is 2.76. The molecule has 0 aromatic rings. The first-order chi connectivity index (χ1) is 16.6. The number of hydrogen-bond donors (Lipinski definition) is 4. The van der Waals surface area contributed by atoms with Crippen molar-refractivity contribution in [3.63, 3.8) is 0 Å². The minimum absolute atomic E-state index is 0.0299. The van der Waals surface area contributed by atoms with Crippen LogP contribution in [-0.4, -0.2) is 155 Å². The van der Waals surface area contributed by atoms with Crippen molar-refractivity contribution < 1.29 is 44.4 Å². The molecule has 4 N–H and O–H groups in total. The Hall–Kier alpha value is -2.45. The molecular formula is C22H38N4O9. The third kappa shape index (κ3) is 15.2. The molecule has 0 amide bonds. The molecule has 0 saturated carbocycles. The van der Waals surface area contributed by atoms with E-state index >= 15 is 0 Å². The number of aliphatic carboxylic acids is 3. The lowest BCUT2D eigenvalue weighted by Crippen LogP contribution is -2.48. The van der Waals surface area contributed by atoms with Gasteiger partial charge in [-0.1, -0.05) is 0 Å². The minimum atomic E-state index is -1.01. The molecular weight excluding hydrogens is 464 g/mol. The Morgan fingerprint density at radius 2 is 0.800 bits per heavy atom. The lowest BCUT2D eigenvalue weighted by Gasteiger charge is -2.33. The van der Waals surface area contributed by atoms with Crippen molar-refractivity contribution in [2.45, 2.75) is 25.7 Å². The number of aliphatic hydroxyl groups excluding tert-OH is 1. The summed E-state index contributed by atoms with van der Waals surface area (Å²) in [7, 11) is 0. The zero-order chi connectivity index (χ0) is 26.2. The van der Waals surface area contributed by atoms with Gasteiger partial charge in [0.15, 0.2) is 0 Å². The van der Waals surface area contributed by atoms with Gasteiger partial charge in [-0.3, -0.25) is 38.7 Å². The highest BCUT2D eigenvalue weighted by Gasteiger charge is 2.20. The van der Waals surface area contributed by atoms with Gasteiger partial charge in [0.25, 0.3) is 0 Å². The Balaban J connectivity index is 2.83. The molecule has 1 aliphatic rings. The van der Waals surface area contributed by atoms with Gasteiger partial charge in [-0.05, 0) is 0 Å². The number of carbonyl (C=O) groups excluding carboxylic acids is 2. The van der Waals surface area contributed by atoms with Crippen molar-refractivity contribution in [1.29, 1.82) is 0 Å². The van der Waals surface area contributed by atoms with Gasteiger partial charge < -0.3 is 25.3 Å². The van der Waals surface area contributed by atoms with Crippen LogP contribution in [0.4, 0.5) is 0 Å². The highest BCUT2D eigenvalue weighted by molar-refractivity contribution is 5.86. The van der Waals surface area contributed by atoms with E-state index < -0.39 is 17.9 Å². The van der Waals surface area contributed by atoms with Crippen LogP contribution in [0, 0.1) is 0 Å². The number of aliphatic hydroxyl groups is 1. The summed E-state index contributed by atoms with van der Waals surface area (Å²) in [4.78, 5) is 64.7. The van der Waals surface area contributed by atoms with E-state index in [9.17, 15) is 39.3 Å². The molecule has 0 aromatic heterocycles. The standard InChI is InChI=1S/C22H38N4O9/c27-14-4-19(29)2-1-18(28)3-5-23-6-8-24(15-20(30)31)10-12-26(17-22(34)35)13-11-25(9-7-23)16-21(32)33/h27H,1-17H2,(H,30,31)(H,32,33)(H,34,35). The van der Waals surface area contributed by atoms with Crippen molar-refractivity contribution in [3.05, 3.63) is 0 Å². The Morgan fingerprint density at radius 1 is 0.486 bits per heavy atom. The molecule has 1 rings (SSSR count). The number of hydrogen-bond acceptors (Lipinski definition) is 10. The van der Waals surface area contributed by atoms with Crippen molar-refractivity contribution >= 4 is 29.5 Å². The summed E-state index contributed by atoms with van der Waals surface area (Å²) in [6.07, 6.45) is 0.423. The van der Waals surface area contributed by atoms with Crippen LogP contribution < -0.4 is 0 Å². The fourth-order valence-electron chi connectivity index (χ4n) is 3.79. The number of Topliss-reactive ketones (excluding diaryl/α,β-unsaturated/α-hetero) is 2. The number of carboxylic acid groups (broad SMARTS) is 3. The van der Waals surface area contributed by atoms with Gasteiger partial charge in [-0.2, -0.15) is 0 Å². The molecule has 1 heterocycles. The Kier molecular flexibility index (Phi) is 14.9. The maximum Gasteiger partial charge on any atom is 0.317 e. The fourth-order valence-corrected chi connectivity index (χ4v) is 3.79. The van der Waals surface area contributed by atoms with Crippen LogP contribution in [0.3, 0.4) is 0 Å². The number of carboxylic acids is 3. The second-order valence-electron chi connectivity index (χ2n) is 8.65. The van der Waals surface area contributed by atoms with Gasteiger partial charge in [-0.25, -0.2) is 0 Å². The molecule has 13 heteroatoms. The fraction of sp³-hybridized carbons (Fsp3) is 0.773. The van der Waals surface area contributed by atoms with E-state index in [2.05, 4.69) is 0 Å². The highest BCUT2D eigenvalue weighted by Crippen LogP contribution is 2.04. The Labute approximate surface area is 204 Å². The van der Waals surface area contributed by atoms with Crippen molar-refractivity contribution in [3.8, 4) is 0 Å². The van der Waals surface area contributed by atoms with Crippen LogP contribution in [-0.2, 0) is 24.0 Å². The van der Waals surface area contributed by atoms with E-state index in [1.165, 1.54) is 0 Å². The molecule has 0 radical (unpaired) electrons. The van der Waals surface area contributed by atoms with Gasteiger partial charge in [0.2, 0.25) is 0 Å². The highest BCUT2D eigenvalue weighted by atomic mass is 16.4. The molecule has 0 atom stereocenters. The lowest BCUT2D eigenvalue weighted by molar-refractivity contribution is -0.140. The second-order valence-corrected chi connectivity index (χ2v) is 8.65. The van der Waals surface area contributed by atoms with Gasteiger partial charge in [0, 0.05) is 91.2 Å². The number of ketones is 2. The zero-order valence-electron chi connectivity index (χ0n) is 20.1. The summed E-state index contributed by atoms with van der Waals surface area (Å²) >= 11 is 0. The van der Waals surface area contributed by atoms with E-state index in [4.69, 9.17) is 5.11 Å². The summed E-state index contributed by atoms with van der Waals surface area (Å²) in [6.45, 7) is 2.49. The third-order valence-electron chi connectivity index (χ3n) is 5.79. The van der Waals surface area contributed by atoms with Crippen LogP contribution >= 0.6 is 0 Å². The molecule has 0 bridgehead atoms. The van der Waals surface area contributed by atoms with E-state index in [1.54, 1.807) is 14.7 Å². The molecule has 1 aliphatic heterocycles. The molecule has 1 fully saturated rings. The normalized spacial score (nSPS) is 17.9. The first kappa shape index (κ1) is 30.6. The Bertz CT molecular complexity index is 687. The summed E-state index contributed by atoms with van der Waals surface area (Å²) in [5, 5.41) is 36.5. The van der Waals surface area contributed by atoms with Crippen LogP contribution in [0.2, 0.25) is 0 Å². The third-order valence-corrected chi connectivity index (χ3v) is 5.79. The van der Waals surface area contributed by atoms with Crippen LogP contribution in [0.5, 0.6) is 0 Å². The second kappa shape index (κ2) is 17.1. The van der Waals surface area contributed by atoms with Gasteiger partial charge in [0.05, 0.1) is 19.6 Å². The predicted molar refractivity (Wildman–Crippen MR) is 124 cm³/mol. The van der Waals surface area contributed by atoms with Gasteiger partial charge in [-0.15, -0.1) is 0 Å². The maximum atomic E-state index is 12.2. The summed E-state index contributed by atoms with van der Waals surface area (Å²) in [5.74, 6) is -3.26. The molecule has 13 nitrogen and oxygen atoms in total. The topological polar surface area (TPSA) is 179 Å². The molecule has 1 saturated heterocycles.